The standard InChI is InChI=1S/C11H15NO3/c1-7(12)8-5-9(13-2)11-10(6-8)14-3-4-15-11/h5-7H,3-4,12H2,1-2H3/t7-/m0/s1. The molecular formula is C11H15NO3. The highest BCUT2D eigenvalue weighted by Crippen LogP contribution is 2.41. The second kappa shape index (κ2) is 3.98. The quantitative estimate of drug-likeness (QED) is 0.801. The van der Waals surface area contributed by atoms with Crippen LogP contribution in [0, 0.1) is 0 Å². The van der Waals surface area contributed by atoms with Crippen molar-refractivity contribution in [3.8, 4) is 17.2 Å². The Hall–Kier alpha value is -1.42. The molecule has 2 rings (SSSR count). The molecule has 0 bridgehead atoms. The van der Waals surface area contributed by atoms with Crippen LogP contribution < -0.4 is 19.9 Å². The van der Waals surface area contributed by atoms with Crippen LogP contribution in [-0.2, 0) is 0 Å². The molecule has 1 aliphatic heterocycles. The molecule has 0 fully saturated rings. The van der Waals surface area contributed by atoms with Crippen LogP contribution in [0.1, 0.15) is 18.5 Å². The van der Waals surface area contributed by atoms with E-state index in [9.17, 15) is 0 Å². The van der Waals surface area contributed by atoms with Crippen molar-refractivity contribution in [1.29, 1.82) is 0 Å². The molecule has 0 aliphatic carbocycles. The lowest BCUT2D eigenvalue weighted by atomic mass is 10.1. The molecule has 4 nitrogen and oxygen atoms in total. The first kappa shape index (κ1) is 10.1. The van der Waals surface area contributed by atoms with Gasteiger partial charge in [0.2, 0.25) is 5.75 Å². The van der Waals surface area contributed by atoms with Gasteiger partial charge >= 0.3 is 0 Å². The monoisotopic (exact) mass is 209 g/mol. The molecule has 15 heavy (non-hydrogen) atoms. The first-order chi connectivity index (χ1) is 7.22. The van der Waals surface area contributed by atoms with Gasteiger partial charge in [0.05, 0.1) is 7.11 Å². The number of fused-ring (bicyclic) bond motifs is 1. The second-order valence-corrected chi connectivity index (χ2v) is 3.54. The van der Waals surface area contributed by atoms with Gasteiger partial charge in [0.1, 0.15) is 13.2 Å². The number of ether oxygens (including phenoxy) is 3. The zero-order valence-electron chi connectivity index (χ0n) is 8.95. The van der Waals surface area contributed by atoms with E-state index in [1.165, 1.54) is 0 Å². The van der Waals surface area contributed by atoms with E-state index in [1.54, 1.807) is 7.11 Å². The Morgan fingerprint density at radius 2 is 2.07 bits per heavy atom. The summed E-state index contributed by atoms with van der Waals surface area (Å²) in [6, 6.07) is 3.74. The zero-order valence-corrected chi connectivity index (χ0v) is 8.95. The van der Waals surface area contributed by atoms with Gasteiger partial charge in [0.15, 0.2) is 11.5 Å². The van der Waals surface area contributed by atoms with Crippen LogP contribution in [0.2, 0.25) is 0 Å². The Kier molecular flexibility index (Phi) is 2.68. The van der Waals surface area contributed by atoms with Gasteiger partial charge in [-0.15, -0.1) is 0 Å². The Morgan fingerprint density at radius 1 is 1.33 bits per heavy atom. The highest BCUT2D eigenvalue weighted by molar-refractivity contribution is 5.54. The molecule has 1 heterocycles. The van der Waals surface area contributed by atoms with Gasteiger partial charge in [-0.3, -0.25) is 0 Å². The van der Waals surface area contributed by atoms with Crippen molar-refractivity contribution in [1.82, 2.24) is 0 Å². The van der Waals surface area contributed by atoms with E-state index in [0.29, 0.717) is 30.5 Å². The highest BCUT2D eigenvalue weighted by Gasteiger charge is 2.19. The lowest BCUT2D eigenvalue weighted by Crippen LogP contribution is -2.17. The van der Waals surface area contributed by atoms with Crippen LogP contribution in [0.3, 0.4) is 0 Å². The maximum absolute atomic E-state index is 5.82. The average Bonchev–Trinajstić information content (AvgIpc) is 2.27. The molecule has 2 N–H and O–H groups in total. The lowest BCUT2D eigenvalue weighted by Gasteiger charge is -2.22. The SMILES string of the molecule is COc1cc([C@H](C)N)cc2c1OCCO2. The first-order valence-corrected chi connectivity index (χ1v) is 4.95. The van der Waals surface area contributed by atoms with Crippen molar-refractivity contribution in [3.63, 3.8) is 0 Å². The van der Waals surface area contributed by atoms with E-state index in [2.05, 4.69) is 0 Å². The van der Waals surface area contributed by atoms with E-state index in [-0.39, 0.29) is 6.04 Å². The summed E-state index contributed by atoms with van der Waals surface area (Å²) in [5, 5.41) is 0. The predicted octanol–water partition coefficient (Wildman–Crippen LogP) is 1.49. The third-order valence-electron chi connectivity index (χ3n) is 2.38. The molecular weight excluding hydrogens is 194 g/mol. The third kappa shape index (κ3) is 1.85. The Bertz CT molecular complexity index is 346. The molecule has 0 saturated heterocycles. The molecule has 1 aliphatic rings. The summed E-state index contributed by atoms with van der Waals surface area (Å²) in [6.45, 7) is 3.05. The number of hydrogen-bond donors (Lipinski definition) is 1. The number of nitrogens with two attached hydrogens (primary N) is 1. The molecule has 0 amide bonds. The van der Waals surface area contributed by atoms with Crippen molar-refractivity contribution >= 4 is 0 Å². The molecule has 0 spiro atoms. The Balaban J connectivity index is 2.48. The van der Waals surface area contributed by atoms with Crippen LogP contribution >= 0.6 is 0 Å². The largest absolute Gasteiger partial charge is 0.493 e. The molecule has 0 unspecified atom stereocenters. The van der Waals surface area contributed by atoms with Crippen molar-refractivity contribution in [3.05, 3.63) is 17.7 Å². The van der Waals surface area contributed by atoms with Crippen LogP contribution in [-0.4, -0.2) is 20.3 Å². The van der Waals surface area contributed by atoms with E-state index in [0.717, 1.165) is 5.56 Å². The van der Waals surface area contributed by atoms with Gasteiger partial charge in [-0.2, -0.15) is 0 Å². The topological polar surface area (TPSA) is 53.7 Å². The third-order valence-corrected chi connectivity index (χ3v) is 2.38. The maximum Gasteiger partial charge on any atom is 0.203 e. The number of rotatable bonds is 2. The summed E-state index contributed by atoms with van der Waals surface area (Å²) in [7, 11) is 1.61. The summed E-state index contributed by atoms with van der Waals surface area (Å²) in [6.07, 6.45) is 0. The minimum Gasteiger partial charge on any atom is -0.493 e. The summed E-state index contributed by atoms with van der Waals surface area (Å²) in [5.41, 5.74) is 6.80. The van der Waals surface area contributed by atoms with Crippen molar-refractivity contribution in [2.45, 2.75) is 13.0 Å². The van der Waals surface area contributed by atoms with Gasteiger partial charge in [-0.1, -0.05) is 0 Å². The normalized spacial score (nSPS) is 15.9. The Labute approximate surface area is 88.9 Å². The fraction of sp³-hybridized carbons (Fsp3) is 0.455. The number of hydrogen-bond acceptors (Lipinski definition) is 4. The first-order valence-electron chi connectivity index (χ1n) is 4.95. The van der Waals surface area contributed by atoms with Crippen molar-refractivity contribution in [2.75, 3.05) is 20.3 Å². The van der Waals surface area contributed by atoms with Gasteiger partial charge in [-0.25, -0.2) is 0 Å². The van der Waals surface area contributed by atoms with Gasteiger partial charge in [0.25, 0.3) is 0 Å². The second-order valence-electron chi connectivity index (χ2n) is 3.54. The van der Waals surface area contributed by atoms with Crippen molar-refractivity contribution < 1.29 is 14.2 Å². The summed E-state index contributed by atoms with van der Waals surface area (Å²) in [5.74, 6) is 2.07. The molecule has 4 heteroatoms. The fourth-order valence-corrected chi connectivity index (χ4v) is 1.56. The maximum atomic E-state index is 5.82. The fourth-order valence-electron chi connectivity index (χ4n) is 1.56. The van der Waals surface area contributed by atoms with E-state index in [1.807, 2.05) is 19.1 Å². The van der Waals surface area contributed by atoms with Crippen LogP contribution in [0.5, 0.6) is 17.2 Å². The molecule has 0 saturated carbocycles. The molecule has 0 radical (unpaired) electrons. The summed E-state index contributed by atoms with van der Waals surface area (Å²) < 4.78 is 16.2. The summed E-state index contributed by atoms with van der Waals surface area (Å²) >= 11 is 0. The molecule has 1 aromatic rings. The van der Waals surface area contributed by atoms with E-state index < -0.39 is 0 Å². The van der Waals surface area contributed by atoms with Gasteiger partial charge in [-0.05, 0) is 24.6 Å². The van der Waals surface area contributed by atoms with Gasteiger partial charge < -0.3 is 19.9 Å². The number of methoxy groups -OCH3 is 1. The van der Waals surface area contributed by atoms with Gasteiger partial charge in [0, 0.05) is 6.04 Å². The minimum atomic E-state index is -0.0465. The number of benzene rings is 1. The van der Waals surface area contributed by atoms with E-state index in [4.69, 9.17) is 19.9 Å². The van der Waals surface area contributed by atoms with Crippen LogP contribution in [0.4, 0.5) is 0 Å². The van der Waals surface area contributed by atoms with Crippen LogP contribution in [0.15, 0.2) is 12.1 Å². The Morgan fingerprint density at radius 3 is 2.73 bits per heavy atom. The molecule has 0 aromatic heterocycles. The highest BCUT2D eigenvalue weighted by atomic mass is 16.6. The molecule has 82 valence electrons. The smallest absolute Gasteiger partial charge is 0.203 e. The minimum absolute atomic E-state index is 0.0465. The molecule has 1 atom stereocenters. The lowest BCUT2D eigenvalue weighted by molar-refractivity contribution is 0.165. The van der Waals surface area contributed by atoms with E-state index >= 15 is 0 Å². The van der Waals surface area contributed by atoms with Crippen LogP contribution in [0.25, 0.3) is 0 Å². The average molecular weight is 209 g/mol. The molecule has 1 aromatic carbocycles. The predicted molar refractivity (Wildman–Crippen MR) is 56.6 cm³/mol. The van der Waals surface area contributed by atoms with Crippen molar-refractivity contribution in [2.24, 2.45) is 5.73 Å². The summed E-state index contributed by atoms with van der Waals surface area (Å²) in [4.78, 5) is 0. The zero-order chi connectivity index (χ0) is 10.8.